The molecule has 3 aliphatic heterocycles. The summed E-state index contributed by atoms with van der Waals surface area (Å²) in [5, 5.41) is 7.41. The highest BCUT2D eigenvalue weighted by atomic mass is 32.1. The van der Waals surface area contributed by atoms with Crippen LogP contribution in [0.1, 0.15) is 87.7 Å². The average molecular weight is 498 g/mol. The van der Waals surface area contributed by atoms with Crippen LogP contribution in [0.15, 0.2) is 16.8 Å². The third kappa shape index (κ3) is 4.92. The van der Waals surface area contributed by atoms with Crippen molar-refractivity contribution in [2.75, 3.05) is 13.1 Å². The van der Waals surface area contributed by atoms with Crippen molar-refractivity contribution < 1.29 is 9.59 Å². The lowest BCUT2D eigenvalue weighted by atomic mass is 9.95. The predicted molar refractivity (Wildman–Crippen MR) is 138 cm³/mol. The number of carbonyl (C=O) groups excluding carboxylic acids is 2. The van der Waals surface area contributed by atoms with E-state index in [1.807, 2.05) is 18.7 Å². The molecule has 0 aliphatic carbocycles. The number of amides is 2. The Morgan fingerprint density at radius 1 is 1.20 bits per heavy atom. The van der Waals surface area contributed by atoms with Crippen LogP contribution < -0.4 is 5.32 Å². The third-order valence-electron chi connectivity index (χ3n) is 8.26. The highest BCUT2D eigenvalue weighted by Crippen LogP contribution is 2.43. The first-order valence-electron chi connectivity index (χ1n) is 13.2. The fourth-order valence-electron chi connectivity index (χ4n) is 6.72. The molecule has 2 aromatic rings. The number of rotatable bonds is 7. The van der Waals surface area contributed by atoms with Gasteiger partial charge >= 0.3 is 0 Å². The Hall–Kier alpha value is -2.19. The number of carbonyl (C=O) groups is 2. The van der Waals surface area contributed by atoms with Gasteiger partial charge in [0, 0.05) is 56.2 Å². The molecular formula is C27H39N5O2S. The van der Waals surface area contributed by atoms with Crippen LogP contribution in [0.4, 0.5) is 0 Å². The molecule has 2 fully saturated rings. The zero-order valence-electron chi connectivity index (χ0n) is 21.5. The van der Waals surface area contributed by atoms with Gasteiger partial charge in [0.25, 0.3) is 0 Å². The quantitative estimate of drug-likeness (QED) is 0.622. The summed E-state index contributed by atoms with van der Waals surface area (Å²) < 4.78 is 2.53. The van der Waals surface area contributed by atoms with Gasteiger partial charge in [0.2, 0.25) is 11.8 Å². The van der Waals surface area contributed by atoms with Gasteiger partial charge in [0.1, 0.15) is 5.82 Å². The number of nitrogens with one attached hydrogen (secondary N) is 1. The number of aromatic nitrogens is 2. The second-order valence-corrected chi connectivity index (χ2v) is 11.7. The molecule has 1 unspecified atom stereocenters. The minimum atomic E-state index is 0.0321. The van der Waals surface area contributed by atoms with Gasteiger partial charge in [-0.25, -0.2) is 4.98 Å². The largest absolute Gasteiger partial charge is 0.349 e. The topological polar surface area (TPSA) is 70.5 Å². The summed E-state index contributed by atoms with van der Waals surface area (Å²) in [5.74, 6) is 1.41. The summed E-state index contributed by atoms with van der Waals surface area (Å²) in [6.45, 7) is 10.2. The number of hydrogen-bond donors (Lipinski definition) is 1. The molecule has 7 nitrogen and oxygen atoms in total. The average Bonchev–Trinajstić information content (AvgIpc) is 3.51. The van der Waals surface area contributed by atoms with Gasteiger partial charge in [-0.3, -0.25) is 14.5 Å². The molecule has 2 aromatic heterocycles. The lowest BCUT2D eigenvalue weighted by molar-refractivity contribution is -0.135. The summed E-state index contributed by atoms with van der Waals surface area (Å²) >= 11 is 1.69. The van der Waals surface area contributed by atoms with Crippen LogP contribution in [0.5, 0.6) is 0 Å². The predicted octanol–water partition coefficient (Wildman–Crippen LogP) is 4.23. The Kier molecular flexibility index (Phi) is 7.04. The molecule has 2 saturated heterocycles. The molecule has 35 heavy (non-hydrogen) atoms. The second kappa shape index (κ2) is 10.1. The normalized spacial score (nSPS) is 25.1. The van der Waals surface area contributed by atoms with Crippen LogP contribution in [-0.4, -0.2) is 56.3 Å². The van der Waals surface area contributed by atoms with Gasteiger partial charge in [0.15, 0.2) is 0 Å². The number of piperidine rings is 1. The summed E-state index contributed by atoms with van der Waals surface area (Å²) in [5.41, 5.74) is 3.68. The van der Waals surface area contributed by atoms with Crippen LogP contribution >= 0.6 is 11.3 Å². The highest BCUT2D eigenvalue weighted by molar-refractivity contribution is 7.08. The number of hydrogen-bond acceptors (Lipinski definition) is 5. The summed E-state index contributed by atoms with van der Waals surface area (Å²) in [6, 6.07) is 3.91. The maximum absolute atomic E-state index is 12.5. The minimum absolute atomic E-state index is 0.0321. The molecule has 4 atom stereocenters. The molecule has 2 bridgehead atoms. The lowest BCUT2D eigenvalue weighted by Gasteiger charge is -2.41. The van der Waals surface area contributed by atoms with Gasteiger partial charge in [-0.05, 0) is 61.4 Å². The van der Waals surface area contributed by atoms with E-state index in [1.165, 1.54) is 24.1 Å². The van der Waals surface area contributed by atoms with E-state index in [-0.39, 0.29) is 23.8 Å². The maximum Gasteiger partial charge on any atom is 0.225 e. The molecule has 5 rings (SSSR count). The van der Waals surface area contributed by atoms with Crippen molar-refractivity contribution in [2.24, 2.45) is 5.92 Å². The first-order valence-corrected chi connectivity index (χ1v) is 14.2. The Morgan fingerprint density at radius 2 is 1.94 bits per heavy atom. The van der Waals surface area contributed by atoms with Crippen LogP contribution in [0.3, 0.4) is 0 Å². The number of thiophene rings is 1. The zero-order chi connectivity index (χ0) is 24.7. The summed E-state index contributed by atoms with van der Waals surface area (Å²) in [6.07, 6.45) is 6.71. The zero-order valence-corrected chi connectivity index (χ0v) is 22.3. The molecule has 2 amide bonds. The molecule has 0 saturated carbocycles. The molecule has 1 N–H and O–H groups in total. The molecule has 5 heterocycles. The van der Waals surface area contributed by atoms with E-state index in [2.05, 4.69) is 38.5 Å². The summed E-state index contributed by atoms with van der Waals surface area (Å²) in [7, 11) is 0. The monoisotopic (exact) mass is 497 g/mol. The molecule has 0 spiro atoms. The van der Waals surface area contributed by atoms with Crippen molar-refractivity contribution in [2.45, 2.75) is 96.9 Å². The Bertz CT molecular complexity index is 1050. The number of imidazole rings is 1. The Morgan fingerprint density at radius 3 is 2.57 bits per heavy atom. The first kappa shape index (κ1) is 24.5. The highest BCUT2D eigenvalue weighted by Gasteiger charge is 2.42. The van der Waals surface area contributed by atoms with E-state index in [1.54, 1.807) is 18.3 Å². The van der Waals surface area contributed by atoms with Crippen molar-refractivity contribution in [3.63, 3.8) is 0 Å². The smallest absolute Gasteiger partial charge is 0.225 e. The van der Waals surface area contributed by atoms with E-state index in [0.29, 0.717) is 24.7 Å². The van der Waals surface area contributed by atoms with E-state index in [4.69, 9.17) is 4.98 Å². The van der Waals surface area contributed by atoms with Gasteiger partial charge in [-0.1, -0.05) is 13.8 Å². The van der Waals surface area contributed by atoms with Crippen LogP contribution in [0.2, 0.25) is 0 Å². The van der Waals surface area contributed by atoms with Crippen molar-refractivity contribution in [3.05, 3.63) is 39.6 Å². The standard InChI is InChI=1S/C27H39N5O2S/c1-17(2)27(34)30-10-8-26-25(15-30)28-18(3)32(26)23-13-21-5-6-22(14-23)31(21)11-7-24(29-19(4)33)20-9-12-35-16-20/h9,12,16-17,21-24H,5-8,10-11,13-15H2,1-4H3,(H,29,33)/t21-,22+,23?,24-/m0/s1. The van der Waals surface area contributed by atoms with Crippen LogP contribution in [0.25, 0.3) is 0 Å². The van der Waals surface area contributed by atoms with Gasteiger partial charge in [0.05, 0.1) is 18.3 Å². The SMILES string of the molecule is CC(=O)N[C@@H](CCN1[C@@H]2CC[C@H]1CC(n1c(C)nc3c1CCN(C(=O)C(C)C)C3)C2)c1ccsc1. The van der Waals surface area contributed by atoms with Crippen LogP contribution in [0, 0.1) is 12.8 Å². The van der Waals surface area contributed by atoms with Gasteiger partial charge < -0.3 is 14.8 Å². The maximum atomic E-state index is 12.5. The molecule has 8 heteroatoms. The van der Waals surface area contributed by atoms with Gasteiger partial charge in [-0.15, -0.1) is 0 Å². The number of fused-ring (bicyclic) bond motifs is 3. The lowest BCUT2D eigenvalue weighted by Crippen LogP contribution is -2.45. The van der Waals surface area contributed by atoms with Crippen molar-refractivity contribution >= 4 is 23.2 Å². The van der Waals surface area contributed by atoms with Crippen LogP contribution in [-0.2, 0) is 22.6 Å². The van der Waals surface area contributed by atoms with Crippen molar-refractivity contribution in [1.82, 2.24) is 24.7 Å². The molecule has 3 aliphatic rings. The molecule has 190 valence electrons. The molecule has 0 radical (unpaired) electrons. The third-order valence-corrected chi connectivity index (χ3v) is 8.96. The van der Waals surface area contributed by atoms with E-state index in [0.717, 1.165) is 50.3 Å². The Balaban J connectivity index is 1.26. The second-order valence-electron chi connectivity index (χ2n) is 10.9. The fraction of sp³-hybridized carbons (Fsp3) is 0.667. The van der Waals surface area contributed by atoms with Crippen molar-refractivity contribution in [3.8, 4) is 0 Å². The van der Waals surface area contributed by atoms with E-state index >= 15 is 0 Å². The molecular weight excluding hydrogens is 458 g/mol. The fourth-order valence-corrected chi connectivity index (χ4v) is 7.43. The van der Waals surface area contributed by atoms with Gasteiger partial charge in [-0.2, -0.15) is 11.3 Å². The number of nitrogens with zero attached hydrogens (tertiary/aromatic N) is 4. The van der Waals surface area contributed by atoms with Crippen molar-refractivity contribution in [1.29, 1.82) is 0 Å². The Labute approximate surface area is 212 Å². The minimum Gasteiger partial charge on any atom is -0.349 e. The van der Waals surface area contributed by atoms with E-state index in [9.17, 15) is 9.59 Å². The van der Waals surface area contributed by atoms with E-state index < -0.39 is 0 Å². The first-order chi connectivity index (χ1) is 16.8. The number of aryl methyl sites for hydroxylation is 1. The summed E-state index contributed by atoms with van der Waals surface area (Å²) in [4.78, 5) is 34.0. The molecule has 0 aromatic carbocycles.